The van der Waals surface area contributed by atoms with Crippen LogP contribution < -0.4 is 0 Å². The average molecular weight is 422 g/mol. The molecule has 0 N–H and O–H groups in total. The Hall–Kier alpha value is 1.14. The SMILES string of the molecule is CCc1c(Br)c(Br)cc(Br)c1Br. The first-order valence-corrected chi connectivity index (χ1v) is 6.57. The zero-order valence-corrected chi connectivity index (χ0v) is 12.6. The minimum atomic E-state index is 0.999. The van der Waals surface area contributed by atoms with E-state index in [4.69, 9.17) is 0 Å². The molecule has 1 rings (SSSR count). The van der Waals surface area contributed by atoms with E-state index in [1.165, 1.54) is 5.56 Å². The summed E-state index contributed by atoms with van der Waals surface area (Å²) in [5.41, 5.74) is 1.27. The third kappa shape index (κ3) is 2.14. The number of hydrogen-bond acceptors (Lipinski definition) is 0. The van der Waals surface area contributed by atoms with Gasteiger partial charge in [0.05, 0.1) is 0 Å². The van der Waals surface area contributed by atoms with Gasteiger partial charge in [-0.05, 0) is 81.8 Å². The van der Waals surface area contributed by atoms with E-state index in [1.807, 2.05) is 6.07 Å². The Labute approximate surface area is 106 Å². The molecular formula is C8H6Br4. The summed E-state index contributed by atoms with van der Waals surface area (Å²) in [7, 11) is 0. The van der Waals surface area contributed by atoms with Crippen molar-refractivity contribution in [2.75, 3.05) is 0 Å². The maximum atomic E-state index is 3.53. The molecule has 4 heteroatoms. The van der Waals surface area contributed by atoms with Crippen molar-refractivity contribution in [2.24, 2.45) is 0 Å². The molecule has 0 aliphatic rings. The van der Waals surface area contributed by atoms with Crippen LogP contribution in [0, 0.1) is 0 Å². The first-order chi connectivity index (χ1) is 5.57. The number of rotatable bonds is 1. The standard InChI is InChI=1S/C8H6Br4/c1-2-4-7(11)5(9)3-6(10)8(4)12/h3H,2H2,1H3. The van der Waals surface area contributed by atoms with Gasteiger partial charge in [0.15, 0.2) is 0 Å². The Morgan fingerprint density at radius 1 is 1.00 bits per heavy atom. The monoisotopic (exact) mass is 418 g/mol. The molecule has 0 fully saturated rings. The van der Waals surface area contributed by atoms with Gasteiger partial charge in [0.25, 0.3) is 0 Å². The zero-order chi connectivity index (χ0) is 9.30. The fourth-order valence-electron chi connectivity index (χ4n) is 0.933. The maximum Gasteiger partial charge on any atom is 0.0361 e. The second-order valence-electron chi connectivity index (χ2n) is 2.30. The minimum Gasteiger partial charge on any atom is -0.0612 e. The fraction of sp³-hybridized carbons (Fsp3) is 0.250. The Bertz CT molecular complexity index is 280. The molecule has 12 heavy (non-hydrogen) atoms. The van der Waals surface area contributed by atoms with Gasteiger partial charge in [0.2, 0.25) is 0 Å². The van der Waals surface area contributed by atoms with Gasteiger partial charge in [0, 0.05) is 17.9 Å². The van der Waals surface area contributed by atoms with Gasteiger partial charge in [-0.25, -0.2) is 0 Å². The highest BCUT2D eigenvalue weighted by molar-refractivity contribution is 9.14. The summed E-state index contributed by atoms with van der Waals surface area (Å²) in [6.45, 7) is 2.13. The molecule has 0 atom stereocenters. The van der Waals surface area contributed by atoms with Crippen molar-refractivity contribution in [2.45, 2.75) is 13.3 Å². The average Bonchev–Trinajstić information content (AvgIpc) is 2.02. The van der Waals surface area contributed by atoms with Gasteiger partial charge in [-0.3, -0.25) is 0 Å². The van der Waals surface area contributed by atoms with Crippen LogP contribution in [0.1, 0.15) is 12.5 Å². The fourth-order valence-corrected chi connectivity index (χ4v) is 3.63. The third-order valence-corrected chi connectivity index (χ3v) is 5.68. The van der Waals surface area contributed by atoms with Crippen LogP contribution in [0.2, 0.25) is 0 Å². The molecule has 0 saturated heterocycles. The quantitative estimate of drug-likeness (QED) is 0.540. The first kappa shape index (κ1) is 11.2. The van der Waals surface area contributed by atoms with Crippen LogP contribution in [0.5, 0.6) is 0 Å². The molecule has 0 aliphatic carbocycles. The zero-order valence-electron chi connectivity index (χ0n) is 6.30. The molecule has 0 radical (unpaired) electrons. The number of benzene rings is 1. The summed E-state index contributed by atoms with van der Waals surface area (Å²) in [4.78, 5) is 0. The van der Waals surface area contributed by atoms with E-state index < -0.39 is 0 Å². The largest absolute Gasteiger partial charge is 0.0612 e. The van der Waals surface area contributed by atoms with Crippen molar-refractivity contribution in [3.63, 3.8) is 0 Å². The van der Waals surface area contributed by atoms with Crippen LogP contribution in [-0.2, 0) is 6.42 Å². The Morgan fingerprint density at radius 3 is 1.75 bits per heavy atom. The summed E-state index contributed by atoms with van der Waals surface area (Å²) >= 11 is 14.0. The summed E-state index contributed by atoms with van der Waals surface area (Å²) in [6.07, 6.45) is 0.999. The lowest BCUT2D eigenvalue weighted by molar-refractivity contribution is 1.10. The second kappa shape index (κ2) is 4.58. The molecule has 1 aromatic rings. The molecule has 0 saturated carbocycles. The van der Waals surface area contributed by atoms with E-state index in [0.717, 1.165) is 24.3 Å². The van der Waals surface area contributed by atoms with Crippen LogP contribution in [0.3, 0.4) is 0 Å². The van der Waals surface area contributed by atoms with Gasteiger partial charge in [-0.15, -0.1) is 0 Å². The molecule has 0 heterocycles. The highest BCUT2D eigenvalue weighted by atomic mass is 79.9. The van der Waals surface area contributed by atoms with E-state index in [1.54, 1.807) is 0 Å². The van der Waals surface area contributed by atoms with Crippen LogP contribution >= 0.6 is 63.7 Å². The topological polar surface area (TPSA) is 0 Å². The van der Waals surface area contributed by atoms with Gasteiger partial charge in [-0.2, -0.15) is 0 Å². The number of halogens is 4. The summed E-state index contributed by atoms with van der Waals surface area (Å²) in [6, 6.07) is 2.02. The molecule has 0 aromatic heterocycles. The molecule has 1 aromatic carbocycles. The predicted octanol–water partition coefficient (Wildman–Crippen LogP) is 5.30. The second-order valence-corrected chi connectivity index (χ2v) is 5.59. The molecule has 0 bridgehead atoms. The van der Waals surface area contributed by atoms with Crippen molar-refractivity contribution in [1.82, 2.24) is 0 Å². The molecular weight excluding hydrogens is 416 g/mol. The molecule has 0 amide bonds. The van der Waals surface area contributed by atoms with Crippen LogP contribution in [0.15, 0.2) is 24.0 Å². The molecule has 66 valence electrons. The minimum absolute atomic E-state index is 0.999. The van der Waals surface area contributed by atoms with E-state index in [2.05, 4.69) is 70.6 Å². The summed E-state index contributed by atoms with van der Waals surface area (Å²) < 4.78 is 4.41. The van der Waals surface area contributed by atoms with Gasteiger partial charge >= 0.3 is 0 Å². The Balaban J connectivity index is 3.42. The van der Waals surface area contributed by atoms with Gasteiger partial charge in [-0.1, -0.05) is 6.92 Å². The predicted molar refractivity (Wildman–Crippen MR) is 66.6 cm³/mol. The molecule has 0 unspecified atom stereocenters. The highest BCUT2D eigenvalue weighted by Crippen LogP contribution is 2.37. The molecule has 0 nitrogen and oxygen atoms in total. The van der Waals surface area contributed by atoms with E-state index in [0.29, 0.717) is 0 Å². The van der Waals surface area contributed by atoms with Crippen molar-refractivity contribution >= 4 is 63.7 Å². The smallest absolute Gasteiger partial charge is 0.0361 e. The summed E-state index contributed by atoms with van der Waals surface area (Å²) in [5, 5.41) is 0. The van der Waals surface area contributed by atoms with Crippen LogP contribution in [0.4, 0.5) is 0 Å². The lowest BCUT2D eigenvalue weighted by Gasteiger charge is -2.08. The lowest BCUT2D eigenvalue weighted by atomic mass is 10.2. The molecule has 0 aliphatic heterocycles. The van der Waals surface area contributed by atoms with Crippen molar-refractivity contribution in [1.29, 1.82) is 0 Å². The van der Waals surface area contributed by atoms with Crippen molar-refractivity contribution in [3.05, 3.63) is 29.5 Å². The Kier molecular flexibility index (Phi) is 4.28. The van der Waals surface area contributed by atoms with Crippen LogP contribution in [0.25, 0.3) is 0 Å². The van der Waals surface area contributed by atoms with E-state index in [-0.39, 0.29) is 0 Å². The lowest BCUT2D eigenvalue weighted by Crippen LogP contribution is -1.87. The van der Waals surface area contributed by atoms with Crippen LogP contribution in [-0.4, -0.2) is 0 Å². The molecule has 0 spiro atoms. The normalized spacial score (nSPS) is 10.4. The first-order valence-electron chi connectivity index (χ1n) is 3.39. The van der Waals surface area contributed by atoms with E-state index >= 15 is 0 Å². The van der Waals surface area contributed by atoms with Gasteiger partial charge in [0.1, 0.15) is 0 Å². The van der Waals surface area contributed by atoms with Gasteiger partial charge < -0.3 is 0 Å². The summed E-state index contributed by atoms with van der Waals surface area (Å²) in [5.74, 6) is 0. The highest BCUT2D eigenvalue weighted by Gasteiger charge is 2.10. The Morgan fingerprint density at radius 2 is 1.42 bits per heavy atom. The van der Waals surface area contributed by atoms with Crippen molar-refractivity contribution < 1.29 is 0 Å². The van der Waals surface area contributed by atoms with E-state index in [9.17, 15) is 0 Å². The third-order valence-electron chi connectivity index (χ3n) is 1.56. The maximum absolute atomic E-state index is 3.53. The van der Waals surface area contributed by atoms with Crippen molar-refractivity contribution in [3.8, 4) is 0 Å². The number of hydrogen-bond donors (Lipinski definition) is 0.